The Balaban J connectivity index is 2.20. The van der Waals surface area contributed by atoms with Gasteiger partial charge in [-0.05, 0) is 31.5 Å². The van der Waals surface area contributed by atoms with E-state index in [-0.39, 0.29) is 4.90 Å². The van der Waals surface area contributed by atoms with Crippen LogP contribution in [0, 0.1) is 13.8 Å². The zero-order valence-corrected chi connectivity index (χ0v) is 11.6. The van der Waals surface area contributed by atoms with Crippen LogP contribution < -0.4 is 10.5 Å². The van der Waals surface area contributed by atoms with Crippen LogP contribution in [0.2, 0.25) is 0 Å². The number of aryl methyl sites for hydroxylation is 2. The van der Waals surface area contributed by atoms with Gasteiger partial charge >= 0.3 is 0 Å². The topological polar surface area (TPSA) is 101 Å². The number of aromatic amines is 1. The van der Waals surface area contributed by atoms with Crippen LogP contribution in [-0.2, 0) is 16.6 Å². The van der Waals surface area contributed by atoms with E-state index in [9.17, 15) is 8.42 Å². The van der Waals surface area contributed by atoms with Crippen molar-refractivity contribution < 1.29 is 8.42 Å². The van der Waals surface area contributed by atoms with Crippen LogP contribution in [0.5, 0.6) is 0 Å². The summed E-state index contributed by atoms with van der Waals surface area (Å²) in [4.78, 5) is 7.29. The lowest BCUT2D eigenvalue weighted by Gasteiger charge is -2.10. The van der Waals surface area contributed by atoms with Gasteiger partial charge in [0.1, 0.15) is 5.82 Å². The van der Waals surface area contributed by atoms with Gasteiger partial charge in [0.25, 0.3) is 0 Å². The van der Waals surface area contributed by atoms with Crippen molar-refractivity contribution >= 4 is 15.7 Å². The Labute approximate surface area is 112 Å². The summed E-state index contributed by atoms with van der Waals surface area (Å²) in [5, 5.41) is 8.28. The molecular weight excluding hydrogens is 264 g/mol. The lowest BCUT2D eigenvalue weighted by atomic mass is 10.2. The Kier molecular flexibility index (Phi) is 3.59. The largest absolute Gasteiger partial charge is 0.379 e. The van der Waals surface area contributed by atoms with Gasteiger partial charge in [-0.25, -0.2) is 18.5 Å². The number of imidazole rings is 1. The summed E-state index contributed by atoms with van der Waals surface area (Å²) in [6, 6.07) is 4.75. The van der Waals surface area contributed by atoms with Crippen LogP contribution in [0.25, 0.3) is 0 Å². The zero-order valence-electron chi connectivity index (χ0n) is 10.8. The Morgan fingerprint density at radius 3 is 2.68 bits per heavy atom. The maximum Gasteiger partial charge on any atom is 0.238 e. The smallest absolute Gasteiger partial charge is 0.238 e. The van der Waals surface area contributed by atoms with E-state index in [1.807, 2.05) is 13.8 Å². The fourth-order valence-corrected chi connectivity index (χ4v) is 2.26. The van der Waals surface area contributed by atoms with Crippen molar-refractivity contribution in [3.05, 3.63) is 41.5 Å². The molecule has 6 nitrogen and oxygen atoms in total. The first-order valence-electron chi connectivity index (χ1n) is 5.74. The molecule has 2 aromatic rings. The molecule has 0 saturated heterocycles. The molecule has 2 rings (SSSR count). The molecule has 1 aromatic carbocycles. The Bertz CT molecular complexity index is 692. The molecule has 0 amide bonds. The second-order valence-electron chi connectivity index (χ2n) is 4.37. The molecule has 7 heteroatoms. The van der Waals surface area contributed by atoms with E-state index >= 15 is 0 Å². The Hall–Kier alpha value is -1.86. The highest BCUT2D eigenvalue weighted by molar-refractivity contribution is 7.89. The number of anilines is 1. The number of hydrogen-bond acceptors (Lipinski definition) is 4. The number of primary sulfonamides is 1. The lowest BCUT2D eigenvalue weighted by Crippen LogP contribution is -2.13. The van der Waals surface area contributed by atoms with Gasteiger partial charge in [0.15, 0.2) is 0 Å². The van der Waals surface area contributed by atoms with E-state index < -0.39 is 10.0 Å². The number of rotatable bonds is 4. The van der Waals surface area contributed by atoms with Crippen molar-refractivity contribution in [1.29, 1.82) is 0 Å². The quantitative estimate of drug-likeness (QED) is 0.785. The molecule has 1 aromatic heterocycles. The van der Waals surface area contributed by atoms with Gasteiger partial charge < -0.3 is 10.3 Å². The number of nitrogens with one attached hydrogen (secondary N) is 2. The summed E-state index contributed by atoms with van der Waals surface area (Å²) in [5.41, 5.74) is 2.61. The average Bonchev–Trinajstić information content (AvgIpc) is 2.72. The minimum Gasteiger partial charge on any atom is -0.379 e. The molecule has 0 aliphatic heterocycles. The Morgan fingerprint density at radius 1 is 1.37 bits per heavy atom. The Morgan fingerprint density at radius 2 is 2.11 bits per heavy atom. The molecule has 19 heavy (non-hydrogen) atoms. The number of hydrogen-bond donors (Lipinski definition) is 3. The summed E-state index contributed by atoms with van der Waals surface area (Å²) in [6.07, 6.45) is 1.74. The van der Waals surface area contributed by atoms with E-state index in [0.717, 1.165) is 22.8 Å². The molecule has 1 heterocycles. The molecule has 4 N–H and O–H groups in total. The third-order valence-electron chi connectivity index (χ3n) is 2.76. The molecule has 0 fully saturated rings. The van der Waals surface area contributed by atoms with Gasteiger partial charge in [-0.1, -0.05) is 6.07 Å². The van der Waals surface area contributed by atoms with Gasteiger partial charge in [0, 0.05) is 5.69 Å². The summed E-state index contributed by atoms with van der Waals surface area (Å²) in [5.74, 6) is 0.840. The number of sulfonamides is 1. The standard InChI is InChI=1S/C12H16N4O2S/c1-8-3-4-11(19(13,17)18)5-12(8)15-7-10-6-14-9(2)16-10/h3-6,15H,7H2,1-2H3,(H,14,16)(H2,13,17,18). The van der Waals surface area contributed by atoms with E-state index in [0.29, 0.717) is 6.54 Å². The third-order valence-corrected chi connectivity index (χ3v) is 3.67. The monoisotopic (exact) mass is 280 g/mol. The van der Waals surface area contributed by atoms with Crippen LogP contribution in [0.3, 0.4) is 0 Å². The third kappa shape index (κ3) is 3.33. The summed E-state index contributed by atoms with van der Waals surface area (Å²) < 4.78 is 22.6. The second-order valence-corrected chi connectivity index (χ2v) is 5.93. The van der Waals surface area contributed by atoms with E-state index in [2.05, 4.69) is 15.3 Å². The lowest BCUT2D eigenvalue weighted by molar-refractivity contribution is 0.598. The highest BCUT2D eigenvalue weighted by Gasteiger charge is 2.10. The van der Waals surface area contributed by atoms with Crippen LogP contribution in [0.1, 0.15) is 17.1 Å². The van der Waals surface area contributed by atoms with E-state index in [1.165, 1.54) is 12.1 Å². The maximum atomic E-state index is 11.3. The molecule has 0 radical (unpaired) electrons. The van der Waals surface area contributed by atoms with Crippen LogP contribution >= 0.6 is 0 Å². The van der Waals surface area contributed by atoms with Crippen LogP contribution in [-0.4, -0.2) is 18.4 Å². The highest BCUT2D eigenvalue weighted by Crippen LogP contribution is 2.19. The number of aromatic nitrogens is 2. The van der Waals surface area contributed by atoms with Crippen molar-refractivity contribution in [1.82, 2.24) is 9.97 Å². The van der Waals surface area contributed by atoms with Gasteiger partial charge in [-0.3, -0.25) is 0 Å². The molecular formula is C12H16N4O2S. The SMILES string of the molecule is Cc1ncc(CNc2cc(S(N)(=O)=O)ccc2C)[nH]1. The minimum atomic E-state index is -3.68. The number of nitrogens with two attached hydrogens (primary N) is 1. The summed E-state index contributed by atoms with van der Waals surface area (Å²) in [7, 11) is -3.68. The first-order valence-corrected chi connectivity index (χ1v) is 7.29. The van der Waals surface area contributed by atoms with Gasteiger partial charge in [0.05, 0.1) is 23.3 Å². The van der Waals surface area contributed by atoms with Crippen molar-refractivity contribution in [3.63, 3.8) is 0 Å². The van der Waals surface area contributed by atoms with Crippen molar-refractivity contribution in [3.8, 4) is 0 Å². The molecule has 0 saturated carbocycles. The molecule has 0 atom stereocenters. The normalized spacial score (nSPS) is 11.5. The van der Waals surface area contributed by atoms with Gasteiger partial charge in [0.2, 0.25) is 10.0 Å². The van der Waals surface area contributed by atoms with Crippen LogP contribution in [0.4, 0.5) is 5.69 Å². The zero-order chi connectivity index (χ0) is 14.0. The highest BCUT2D eigenvalue weighted by atomic mass is 32.2. The number of nitrogens with zero attached hydrogens (tertiary/aromatic N) is 1. The molecule has 0 unspecified atom stereocenters. The predicted molar refractivity (Wildman–Crippen MR) is 73.2 cm³/mol. The first-order chi connectivity index (χ1) is 8.86. The first kappa shape index (κ1) is 13.6. The molecule has 0 spiro atoms. The number of benzene rings is 1. The maximum absolute atomic E-state index is 11.3. The summed E-state index contributed by atoms with van der Waals surface area (Å²) >= 11 is 0. The molecule has 0 aliphatic carbocycles. The second kappa shape index (κ2) is 5.02. The molecule has 102 valence electrons. The molecule has 0 bridgehead atoms. The molecule has 0 aliphatic rings. The summed E-state index contributed by atoms with van der Waals surface area (Å²) in [6.45, 7) is 4.31. The van der Waals surface area contributed by atoms with Gasteiger partial charge in [-0.2, -0.15) is 0 Å². The van der Waals surface area contributed by atoms with Gasteiger partial charge in [-0.15, -0.1) is 0 Å². The van der Waals surface area contributed by atoms with Crippen molar-refractivity contribution in [2.75, 3.05) is 5.32 Å². The minimum absolute atomic E-state index is 0.0985. The number of H-pyrrole nitrogens is 1. The van der Waals surface area contributed by atoms with Crippen molar-refractivity contribution in [2.24, 2.45) is 5.14 Å². The van der Waals surface area contributed by atoms with E-state index in [1.54, 1.807) is 12.3 Å². The fourth-order valence-electron chi connectivity index (χ4n) is 1.72. The average molecular weight is 280 g/mol. The fraction of sp³-hybridized carbons (Fsp3) is 0.250. The van der Waals surface area contributed by atoms with E-state index in [4.69, 9.17) is 5.14 Å². The predicted octanol–water partition coefficient (Wildman–Crippen LogP) is 1.29. The van der Waals surface area contributed by atoms with Crippen LogP contribution in [0.15, 0.2) is 29.3 Å². The van der Waals surface area contributed by atoms with Crippen molar-refractivity contribution in [2.45, 2.75) is 25.3 Å².